The number of aliphatic hydroxyl groups excluding tert-OH is 1. The Hall–Kier alpha value is -1.06. The van der Waals surface area contributed by atoms with Gasteiger partial charge in [-0.15, -0.1) is 0 Å². The van der Waals surface area contributed by atoms with Gasteiger partial charge in [-0.05, 0) is 56.9 Å². The maximum Gasteiger partial charge on any atom is 0.0451 e. The van der Waals surface area contributed by atoms with Crippen LogP contribution in [-0.2, 0) is 0 Å². The topological polar surface area (TPSA) is 35.5 Å². The Morgan fingerprint density at radius 3 is 2.58 bits per heavy atom. The largest absolute Gasteiger partial charge is 0.396 e. The summed E-state index contributed by atoms with van der Waals surface area (Å²) in [6.45, 7) is 8.80. The van der Waals surface area contributed by atoms with Crippen molar-refractivity contribution in [1.82, 2.24) is 5.32 Å². The van der Waals surface area contributed by atoms with Crippen LogP contribution in [-0.4, -0.2) is 36.9 Å². The van der Waals surface area contributed by atoms with E-state index < -0.39 is 0 Å². The fourth-order valence-corrected chi connectivity index (χ4v) is 2.93. The number of anilines is 1. The predicted molar refractivity (Wildman–Crippen MR) is 80.8 cm³/mol. The van der Waals surface area contributed by atoms with Crippen molar-refractivity contribution in [3.05, 3.63) is 29.3 Å². The van der Waals surface area contributed by atoms with Crippen molar-refractivity contribution in [3.63, 3.8) is 0 Å². The number of hydrogen-bond donors (Lipinski definition) is 2. The predicted octanol–water partition coefficient (Wildman–Crippen LogP) is 2.24. The number of aliphatic hydroxyl groups is 1. The van der Waals surface area contributed by atoms with Gasteiger partial charge in [0, 0.05) is 37.5 Å². The van der Waals surface area contributed by atoms with Crippen LogP contribution in [0.3, 0.4) is 0 Å². The van der Waals surface area contributed by atoms with Crippen molar-refractivity contribution >= 4 is 5.69 Å². The number of rotatable bonds is 3. The Kier molecular flexibility index (Phi) is 4.83. The van der Waals surface area contributed by atoms with E-state index >= 15 is 0 Å². The molecule has 0 bridgehead atoms. The highest BCUT2D eigenvalue weighted by atomic mass is 16.3. The summed E-state index contributed by atoms with van der Waals surface area (Å²) in [4.78, 5) is 2.46. The monoisotopic (exact) mass is 262 g/mol. The van der Waals surface area contributed by atoms with Crippen LogP contribution in [0.15, 0.2) is 18.2 Å². The van der Waals surface area contributed by atoms with Gasteiger partial charge in [-0.1, -0.05) is 6.07 Å². The molecule has 2 N–H and O–H groups in total. The summed E-state index contributed by atoms with van der Waals surface area (Å²) in [5.74, 6) is 0. The van der Waals surface area contributed by atoms with Crippen LogP contribution in [0, 0.1) is 13.8 Å². The molecule has 2 rings (SSSR count). The summed E-state index contributed by atoms with van der Waals surface area (Å²) < 4.78 is 0. The van der Waals surface area contributed by atoms with E-state index in [9.17, 15) is 5.11 Å². The van der Waals surface area contributed by atoms with Crippen molar-refractivity contribution < 1.29 is 5.11 Å². The van der Waals surface area contributed by atoms with E-state index in [1.807, 2.05) is 0 Å². The van der Waals surface area contributed by atoms with Crippen LogP contribution in [0.1, 0.15) is 30.9 Å². The van der Waals surface area contributed by atoms with Gasteiger partial charge >= 0.3 is 0 Å². The molecule has 3 heteroatoms. The van der Waals surface area contributed by atoms with Crippen LogP contribution in [0.5, 0.6) is 0 Å². The van der Waals surface area contributed by atoms with Crippen molar-refractivity contribution in [3.8, 4) is 0 Å². The van der Waals surface area contributed by atoms with Crippen molar-refractivity contribution in [2.45, 2.75) is 45.7 Å². The zero-order chi connectivity index (χ0) is 13.8. The zero-order valence-electron chi connectivity index (χ0n) is 12.3. The minimum absolute atomic E-state index is 0.252. The molecular formula is C16H26N2O. The molecule has 0 amide bonds. The van der Waals surface area contributed by atoms with Gasteiger partial charge in [-0.25, -0.2) is 0 Å². The van der Waals surface area contributed by atoms with E-state index in [1.54, 1.807) is 0 Å². The highest BCUT2D eigenvalue weighted by molar-refractivity contribution is 5.52. The van der Waals surface area contributed by atoms with Crippen molar-refractivity contribution in [2.24, 2.45) is 0 Å². The number of hydrogen-bond acceptors (Lipinski definition) is 3. The molecule has 0 aromatic heterocycles. The lowest BCUT2D eigenvalue weighted by Crippen LogP contribution is -2.41. The summed E-state index contributed by atoms with van der Waals surface area (Å²) in [6.07, 6.45) is 1.97. The molecule has 1 aliphatic heterocycles. The average molecular weight is 262 g/mol. The van der Waals surface area contributed by atoms with Gasteiger partial charge in [0.15, 0.2) is 0 Å². The zero-order valence-corrected chi connectivity index (χ0v) is 12.3. The SMILES string of the molecule is Cc1cc(C)cc(N2CCC(C)NCC2CCO)c1. The minimum Gasteiger partial charge on any atom is -0.396 e. The van der Waals surface area contributed by atoms with Gasteiger partial charge in [0.1, 0.15) is 0 Å². The summed E-state index contributed by atoms with van der Waals surface area (Å²) in [7, 11) is 0. The second kappa shape index (κ2) is 6.40. The summed E-state index contributed by atoms with van der Waals surface area (Å²) >= 11 is 0. The smallest absolute Gasteiger partial charge is 0.0451 e. The van der Waals surface area contributed by atoms with Gasteiger partial charge in [0.05, 0.1) is 0 Å². The molecule has 2 atom stereocenters. The van der Waals surface area contributed by atoms with Crippen molar-refractivity contribution in [2.75, 3.05) is 24.6 Å². The molecule has 1 aromatic rings. The van der Waals surface area contributed by atoms with E-state index in [1.165, 1.54) is 16.8 Å². The van der Waals surface area contributed by atoms with Crippen LogP contribution in [0.2, 0.25) is 0 Å². The molecule has 1 heterocycles. The minimum atomic E-state index is 0.252. The van der Waals surface area contributed by atoms with Crippen molar-refractivity contribution in [1.29, 1.82) is 0 Å². The van der Waals surface area contributed by atoms with E-state index in [2.05, 4.69) is 49.2 Å². The van der Waals surface area contributed by atoms with Gasteiger partial charge in [0.2, 0.25) is 0 Å². The molecular weight excluding hydrogens is 236 g/mol. The Balaban J connectivity index is 2.26. The van der Waals surface area contributed by atoms with E-state index in [-0.39, 0.29) is 6.61 Å². The Labute approximate surface area is 116 Å². The molecule has 106 valence electrons. The Morgan fingerprint density at radius 1 is 1.26 bits per heavy atom. The van der Waals surface area contributed by atoms with Crippen LogP contribution in [0.25, 0.3) is 0 Å². The maximum absolute atomic E-state index is 9.30. The molecule has 1 aliphatic rings. The summed E-state index contributed by atoms with van der Waals surface area (Å²) in [6, 6.07) is 7.66. The lowest BCUT2D eigenvalue weighted by Gasteiger charge is -2.32. The second-order valence-electron chi connectivity index (χ2n) is 5.80. The average Bonchev–Trinajstić information content (AvgIpc) is 2.51. The standard InChI is InChI=1S/C16H26N2O/c1-12-8-13(2)10-16(9-12)18-6-4-14(3)17-11-15(18)5-7-19/h8-10,14-15,17,19H,4-7,11H2,1-3H3. The Bertz CT molecular complexity index is 399. The van der Waals surface area contributed by atoms with E-state index in [0.717, 1.165) is 25.9 Å². The molecule has 0 radical (unpaired) electrons. The molecule has 0 aliphatic carbocycles. The fourth-order valence-electron chi connectivity index (χ4n) is 2.93. The summed E-state index contributed by atoms with van der Waals surface area (Å²) in [5.41, 5.74) is 3.91. The first-order chi connectivity index (χ1) is 9.10. The molecule has 0 saturated carbocycles. The third-order valence-electron chi connectivity index (χ3n) is 3.95. The molecule has 3 nitrogen and oxygen atoms in total. The molecule has 0 spiro atoms. The number of aryl methyl sites for hydroxylation is 2. The quantitative estimate of drug-likeness (QED) is 0.877. The number of nitrogens with one attached hydrogen (secondary N) is 1. The maximum atomic E-state index is 9.30. The first-order valence-corrected chi connectivity index (χ1v) is 7.29. The van der Waals surface area contributed by atoms with Crippen LogP contribution >= 0.6 is 0 Å². The third kappa shape index (κ3) is 3.71. The Morgan fingerprint density at radius 2 is 1.95 bits per heavy atom. The fraction of sp³-hybridized carbons (Fsp3) is 0.625. The first-order valence-electron chi connectivity index (χ1n) is 7.29. The van der Waals surface area contributed by atoms with E-state index in [4.69, 9.17) is 0 Å². The second-order valence-corrected chi connectivity index (χ2v) is 5.80. The summed E-state index contributed by atoms with van der Waals surface area (Å²) in [5, 5.41) is 12.9. The van der Waals surface area contributed by atoms with Gasteiger partial charge in [-0.3, -0.25) is 0 Å². The molecule has 1 aromatic carbocycles. The third-order valence-corrected chi connectivity index (χ3v) is 3.95. The number of nitrogens with zero attached hydrogens (tertiary/aromatic N) is 1. The molecule has 19 heavy (non-hydrogen) atoms. The van der Waals surface area contributed by atoms with Gasteiger partial charge in [-0.2, -0.15) is 0 Å². The lowest BCUT2D eigenvalue weighted by atomic mass is 10.1. The van der Waals surface area contributed by atoms with Gasteiger partial charge < -0.3 is 15.3 Å². The lowest BCUT2D eigenvalue weighted by molar-refractivity contribution is 0.272. The molecule has 1 saturated heterocycles. The number of benzene rings is 1. The van der Waals surface area contributed by atoms with Gasteiger partial charge in [0.25, 0.3) is 0 Å². The highest BCUT2D eigenvalue weighted by Crippen LogP contribution is 2.24. The molecule has 2 unspecified atom stereocenters. The first kappa shape index (κ1) is 14.4. The highest BCUT2D eigenvalue weighted by Gasteiger charge is 2.23. The van der Waals surface area contributed by atoms with Crippen LogP contribution in [0.4, 0.5) is 5.69 Å². The normalized spacial score (nSPS) is 24.3. The molecule has 1 fully saturated rings. The van der Waals surface area contributed by atoms with Crippen LogP contribution < -0.4 is 10.2 Å². The van der Waals surface area contributed by atoms with E-state index in [0.29, 0.717) is 12.1 Å².